The van der Waals surface area contributed by atoms with Gasteiger partial charge in [0.15, 0.2) is 5.13 Å². The maximum absolute atomic E-state index is 13.5. The van der Waals surface area contributed by atoms with Gasteiger partial charge in [-0.15, -0.1) is 12.4 Å². The Labute approximate surface area is 195 Å². The molecule has 5 nitrogen and oxygen atoms in total. The minimum Gasteiger partial charge on any atom is -0.379 e. The number of rotatable bonds is 6. The topological polar surface area (TPSA) is 45.7 Å². The Morgan fingerprint density at radius 2 is 2.00 bits per heavy atom. The molecule has 1 saturated heterocycles. The zero-order valence-corrected chi connectivity index (χ0v) is 20.1. The van der Waals surface area contributed by atoms with E-state index in [9.17, 15) is 4.79 Å². The number of halogens is 2. The molecule has 0 spiro atoms. The van der Waals surface area contributed by atoms with Crippen molar-refractivity contribution >= 4 is 60.9 Å². The Morgan fingerprint density at radius 1 is 1.23 bits per heavy atom. The van der Waals surface area contributed by atoms with Gasteiger partial charge in [-0.25, -0.2) is 4.98 Å². The fourth-order valence-electron chi connectivity index (χ4n) is 3.42. The molecule has 0 radical (unpaired) electrons. The smallest absolute Gasteiger partial charge is 0.261 e. The Bertz CT molecular complexity index is 1010. The summed E-state index contributed by atoms with van der Waals surface area (Å²) in [4.78, 5) is 22.4. The van der Waals surface area contributed by atoms with E-state index in [1.54, 1.807) is 11.3 Å². The van der Waals surface area contributed by atoms with Crippen molar-refractivity contribution in [1.29, 1.82) is 0 Å². The summed E-state index contributed by atoms with van der Waals surface area (Å²) in [5, 5.41) is 0.752. The first-order valence-electron chi connectivity index (χ1n) is 9.91. The molecule has 0 atom stereocenters. The monoisotopic (exact) mass is 509 g/mol. The molecule has 1 aliphatic rings. The number of carbonyl (C=O) groups excluding carboxylic acids is 1. The molecule has 8 heteroatoms. The molecule has 1 fully saturated rings. The quantitative estimate of drug-likeness (QED) is 0.467. The molecule has 3 aromatic rings. The van der Waals surface area contributed by atoms with Crippen LogP contribution in [0.3, 0.4) is 0 Å². The van der Waals surface area contributed by atoms with Gasteiger partial charge in [-0.2, -0.15) is 0 Å². The van der Waals surface area contributed by atoms with Crippen LogP contribution in [0.5, 0.6) is 0 Å². The van der Waals surface area contributed by atoms with E-state index in [0.29, 0.717) is 12.1 Å². The molecule has 2 aromatic carbocycles. The third-order valence-corrected chi connectivity index (χ3v) is 6.91. The van der Waals surface area contributed by atoms with Crippen molar-refractivity contribution in [2.75, 3.05) is 44.3 Å². The number of ether oxygens (including phenoxy) is 1. The van der Waals surface area contributed by atoms with Gasteiger partial charge in [0.05, 0.1) is 29.0 Å². The molecule has 1 aromatic heterocycles. The number of benzene rings is 2. The minimum absolute atomic E-state index is 0. The Kier molecular flexibility index (Phi) is 8.25. The van der Waals surface area contributed by atoms with Crippen LogP contribution in [0.2, 0.25) is 0 Å². The van der Waals surface area contributed by atoms with Gasteiger partial charge in [-0.05, 0) is 52.2 Å². The van der Waals surface area contributed by atoms with E-state index in [-0.39, 0.29) is 18.3 Å². The summed E-state index contributed by atoms with van der Waals surface area (Å²) < 4.78 is 7.37. The number of hydrogen-bond donors (Lipinski definition) is 0. The van der Waals surface area contributed by atoms with Gasteiger partial charge in [0.2, 0.25) is 0 Å². The lowest BCUT2D eigenvalue weighted by Gasteiger charge is -2.29. The molecule has 0 unspecified atom stereocenters. The highest BCUT2D eigenvalue weighted by Gasteiger charge is 2.24. The van der Waals surface area contributed by atoms with E-state index >= 15 is 0 Å². The summed E-state index contributed by atoms with van der Waals surface area (Å²) in [6, 6.07) is 13.9. The molecule has 0 bridgehead atoms. The van der Waals surface area contributed by atoms with Crippen LogP contribution < -0.4 is 4.90 Å². The number of thiazole rings is 1. The maximum atomic E-state index is 13.5. The van der Waals surface area contributed by atoms with E-state index in [1.807, 2.05) is 29.2 Å². The molecule has 0 N–H and O–H groups in total. The van der Waals surface area contributed by atoms with Crippen LogP contribution in [-0.2, 0) is 11.2 Å². The molecular formula is C22H25BrClN3O2S. The normalized spacial score (nSPS) is 14.5. The van der Waals surface area contributed by atoms with Gasteiger partial charge < -0.3 is 4.74 Å². The standard InChI is InChI=1S/C22H24BrN3O2S.ClH/c1-2-16-7-8-19-20(15-16)29-22(24-19)26(10-9-25-11-13-28-14-12-25)21(27)17-5-3-4-6-18(17)23;/h3-8,15H,2,9-14H2,1H3;1H. The highest BCUT2D eigenvalue weighted by atomic mass is 79.9. The zero-order chi connectivity index (χ0) is 20.2. The van der Waals surface area contributed by atoms with Crippen LogP contribution >= 0.6 is 39.7 Å². The predicted molar refractivity (Wildman–Crippen MR) is 129 cm³/mol. The average molecular weight is 511 g/mol. The fraction of sp³-hybridized carbons (Fsp3) is 0.364. The van der Waals surface area contributed by atoms with Gasteiger partial charge in [0, 0.05) is 30.7 Å². The number of nitrogens with zero attached hydrogens (tertiary/aromatic N) is 3. The van der Waals surface area contributed by atoms with Crippen LogP contribution in [0.1, 0.15) is 22.8 Å². The van der Waals surface area contributed by atoms with E-state index in [2.05, 4.69) is 46.0 Å². The van der Waals surface area contributed by atoms with Crippen molar-refractivity contribution in [3.05, 3.63) is 58.1 Å². The molecule has 160 valence electrons. The predicted octanol–water partition coefficient (Wildman–Crippen LogP) is 5.02. The summed E-state index contributed by atoms with van der Waals surface area (Å²) in [6.45, 7) is 6.84. The Morgan fingerprint density at radius 3 is 2.73 bits per heavy atom. The Hall–Kier alpha value is -1.51. The number of carbonyl (C=O) groups is 1. The summed E-state index contributed by atoms with van der Waals surface area (Å²) in [5.74, 6) is -0.0273. The summed E-state index contributed by atoms with van der Waals surface area (Å²) >= 11 is 5.11. The molecule has 1 amide bonds. The third kappa shape index (κ3) is 5.21. The zero-order valence-electron chi connectivity index (χ0n) is 16.8. The second-order valence-electron chi connectivity index (χ2n) is 7.04. The van der Waals surface area contributed by atoms with Gasteiger partial charge in [0.25, 0.3) is 5.91 Å². The lowest BCUT2D eigenvalue weighted by Crippen LogP contribution is -2.43. The molecule has 2 heterocycles. The van der Waals surface area contributed by atoms with Gasteiger partial charge in [0.1, 0.15) is 0 Å². The number of aryl methyl sites for hydroxylation is 1. The van der Waals surface area contributed by atoms with Crippen LogP contribution in [0.15, 0.2) is 46.9 Å². The molecule has 4 rings (SSSR count). The second kappa shape index (κ2) is 10.7. The highest BCUT2D eigenvalue weighted by Crippen LogP contribution is 2.31. The number of fused-ring (bicyclic) bond motifs is 1. The first kappa shape index (κ1) is 23.2. The van der Waals surface area contributed by atoms with Crippen LogP contribution in [-0.4, -0.2) is 55.2 Å². The number of hydrogen-bond acceptors (Lipinski definition) is 5. The lowest BCUT2D eigenvalue weighted by molar-refractivity contribution is 0.0391. The van der Waals surface area contributed by atoms with Crippen LogP contribution in [0, 0.1) is 0 Å². The van der Waals surface area contributed by atoms with Crippen molar-refractivity contribution < 1.29 is 9.53 Å². The molecule has 1 aliphatic heterocycles. The van der Waals surface area contributed by atoms with E-state index in [4.69, 9.17) is 9.72 Å². The van der Waals surface area contributed by atoms with Crippen molar-refractivity contribution in [2.24, 2.45) is 0 Å². The second-order valence-corrected chi connectivity index (χ2v) is 8.91. The number of amides is 1. The first-order chi connectivity index (χ1) is 14.2. The number of anilines is 1. The van der Waals surface area contributed by atoms with Crippen LogP contribution in [0.4, 0.5) is 5.13 Å². The molecule has 30 heavy (non-hydrogen) atoms. The number of morpholine rings is 1. The summed E-state index contributed by atoms with van der Waals surface area (Å²) in [7, 11) is 0. The maximum Gasteiger partial charge on any atom is 0.261 e. The van der Waals surface area contributed by atoms with E-state index in [0.717, 1.165) is 59.1 Å². The molecule has 0 aliphatic carbocycles. The van der Waals surface area contributed by atoms with Gasteiger partial charge in [-0.3, -0.25) is 14.6 Å². The molecular weight excluding hydrogens is 486 g/mol. The summed E-state index contributed by atoms with van der Waals surface area (Å²) in [6.07, 6.45) is 0.986. The van der Waals surface area contributed by atoms with E-state index < -0.39 is 0 Å². The first-order valence-corrected chi connectivity index (χ1v) is 11.5. The fourth-order valence-corrected chi connectivity index (χ4v) is 4.93. The van der Waals surface area contributed by atoms with Crippen LogP contribution in [0.25, 0.3) is 10.2 Å². The SMILES string of the molecule is CCc1ccc2nc(N(CCN3CCOCC3)C(=O)c3ccccc3Br)sc2c1.Cl. The third-order valence-electron chi connectivity index (χ3n) is 5.17. The molecule has 0 saturated carbocycles. The lowest BCUT2D eigenvalue weighted by atomic mass is 10.2. The number of aromatic nitrogens is 1. The largest absolute Gasteiger partial charge is 0.379 e. The van der Waals surface area contributed by atoms with Crippen molar-refractivity contribution in [3.63, 3.8) is 0 Å². The summed E-state index contributed by atoms with van der Waals surface area (Å²) in [5.41, 5.74) is 2.88. The minimum atomic E-state index is -0.0273. The Balaban J connectivity index is 0.00000256. The highest BCUT2D eigenvalue weighted by molar-refractivity contribution is 9.10. The average Bonchev–Trinajstić information content (AvgIpc) is 3.17. The van der Waals surface area contributed by atoms with Crippen molar-refractivity contribution in [2.45, 2.75) is 13.3 Å². The van der Waals surface area contributed by atoms with Gasteiger partial charge >= 0.3 is 0 Å². The van der Waals surface area contributed by atoms with E-state index in [1.165, 1.54) is 5.56 Å². The van der Waals surface area contributed by atoms with Crippen molar-refractivity contribution in [1.82, 2.24) is 9.88 Å². The van der Waals surface area contributed by atoms with Gasteiger partial charge in [-0.1, -0.05) is 36.5 Å². The van der Waals surface area contributed by atoms with Crippen molar-refractivity contribution in [3.8, 4) is 0 Å².